The summed E-state index contributed by atoms with van der Waals surface area (Å²) in [7, 11) is 1.45. The third-order valence-corrected chi connectivity index (χ3v) is 2.43. The molecule has 2 rings (SSSR count). The van der Waals surface area contributed by atoms with Crippen LogP contribution in [0.4, 0.5) is 0 Å². The third kappa shape index (κ3) is 1.82. The Morgan fingerprint density at radius 3 is 2.71 bits per heavy atom. The smallest absolute Gasteiger partial charge is 0.336 e. The number of aldehydes is 1. The lowest BCUT2D eigenvalue weighted by molar-refractivity contribution is 0.0698. The van der Waals surface area contributed by atoms with Gasteiger partial charge in [-0.05, 0) is 18.2 Å². The summed E-state index contributed by atoms with van der Waals surface area (Å²) in [6.07, 6.45) is 0.639. The molecule has 0 aliphatic carbocycles. The summed E-state index contributed by atoms with van der Waals surface area (Å²) in [6, 6.07) is 5.97. The van der Waals surface area contributed by atoms with Crippen molar-refractivity contribution in [1.29, 1.82) is 0 Å². The molecule has 5 heteroatoms. The van der Waals surface area contributed by atoms with Crippen LogP contribution >= 0.6 is 0 Å². The van der Waals surface area contributed by atoms with Gasteiger partial charge in [-0.2, -0.15) is 0 Å². The zero-order valence-corrected chi connectivity index (χ0v) is 9.01. The van der Waals surface area contributed by atoms with E-state index in [9.17, 15) is 9.59 Å². The van der Waals surface area contributed by atoms with E-state index in [0.29, 0.717) is 28.6 Å². The maximum atomic E-state index is 11.0. The van der Waals surface area contributed by atoms with Crippen LogP contribution in [0.2, 0.25) is 0 Å². The number of fused-ring (bicyclic) bond motifs is 1. The Bertz CT molecular complexity index is 607. The van der Waals surface area contributed by atoms with Crippen molar-refractivity contribution in [3.05, 3.63) is 35.4 Å². The average Bonchev–Trinajstić information content (AvgIpc) is 2.36. The minimum absolute atomic E-state index is 0.112. The molecule has 0 aliphatic rings. The van der Waals surface area contributed by atoms with Gasteiger partial charge >= 0.3 is 5.97 Å². The van der Waals surface area contributed by atoms with Gasteiger partial charge in [0.25, 0.3) is 0 Å². The van der Waals surface area contributed by atoms with E-state index < -0.39 is 5.97 Å². The van der Waals surface area contributed by atoms with Crippen molar-refractivity contribution < 1.29 is 19.4 Å². The Labute approximate surface area is 96.7 Å². The second-order valence-corrected chi connectivity index (χ2v) is 3.38. The molecule has 0 bridgehead atoms. The van der Waals surface area contributed by atoms with Crippen LogP contribution in [-0.2, 0) is 0 Å². The summed E-state index contributed by atoms with van der Waals surface area (Å²) >= 11 is 0. The van der Waals surface area contributed by atoms with Crippen molar-refractivity contribution >= 4 is 23.2 Å². The molecule has 0 amide bonds. The van der Waals surface area contributed by atoms with E-state index in [0.717, 1.165) is 0 Å². The fourth-order valence-corrected chi connectivity index (χ4v) is 1.62. The number of carbonyl (C=O) groups is 2. The van der Waals surface area contributed by atoms with Gasteiger partial charge in [0, 0.05) is 17.0 Å². The number of aromatic carboxylic acids is 1. The van der Waals surface area contributed by atoms with Crippen molar-refractivity contribution in [3.8, 4) is 5.88 Å². The third-order valence-electron chi connectivity index (χ3n) is 2.43. The summed E-state index contributed by atoms with van der Waals surface area (Å²) in [5, 5.41) is 9.44. The van der Waals surface area contributed by atoms with E-state index >= 15 is 0 Å². The van der Waals surface area contributed by atoms with Crippen LogP contribution in [-0.4, -0.2) is 29.5 Å². The van der Waals surface area contributed by atoms with Crippen molar-refractivity contribution in [2.75, 3.05) is 7.11 Å². The Kier molecular flexibility index (Phi) is 2.74. The lowest BCUT2D eigenvalue weighted by Gasteiger charge is -2.06. The SMILES string of the molecule is COc1ccc2c(C(=O)O)ccc(C=O)c2n1. The molecule has 1 N–H and O–H groups in total. The number of ether oxygens (including phenoxy) is 1. The van der Waals surface area contributed by atoms with Crippen LogP contribution < -0.4 is 4.74 Å². The van der Waals surface area contributed by atoms with E-state index in [1.165, 1.54) is 19.2 Å². The van der Waals surface area contributed by atoms with Crippen LogP contribution in [0.25, 0.3) is 10.9 Å². The van der Waals surface area contributed by atoms with Crippen molar-refractivity contribution in [3.63, 3.8) is 0 Å². The normalized spacial score (nSPS) is 10.2. The lowest BCUT2D eigenvalue weighted by Crippen LogP contribution is -2.00. The molecule has 17 heavy (non-hydrogen) atoms. The second-order valence-electron chi connectivity index (χ2n) is 3.38. The van der Waals surface area contributed by atoms with E-state index in [2.05, 4.69) is 4.98 Å². The molecule has 2 aromatic rings. The Morgan fingerprint density at radius 1 is 1.35 bits per heavy atom. The number of hydrogen-bond donors (Lipinski definition) is 1. The minimum Gasteiger partial charge on any atom is -0.481 e. The number of aromatic nitrogens is 1. The van der Waals surface area contributed by atoms with Gasteiger partial charge in [0.05, 0.1) is 18.2 Å². The lowest BCUT2D eigenvalue weighted by atomic mass is 10.0. The van der Waals surface area contributed by atoms with Crippen LogP contribution in [0.1, 0.15) is 20.7 Å². The minimum atomic E-state index is -1.06. The molecular formula is C12H9NO4. The van der Waals surface area contributed by atoms with Gasteiger partial charge in [-0.25, -0.2) is 9.78 Å². The van der Waals surface area contributed by atoms with Gasteiger partial charge in [0.1, 0.15) is 0 Å². The molecule has 0 radical (unpaired) electrons. The molecule has 0 saturated carbocycles. The summed E-state index contributed by atoms with van der Waals surface area (Å²) < 4.78 is 4.95. The Balaban J connectivity index is 2.84. The topological polar surface area (TPSA) is 76.5 Å². The number of rotatable bonds is 3. The largest absolute Gasteiger partial charge is 0.481 e. The summed E-state index contributed by atoms with van der Waals surface area (Å²) in [5.41, 5.74) is 0.781. The maximum Gasteiger partial charge on any atom is 0.336 e. The first-order chi connectivity index (χ1) is 8.17. The molecule has 1 aromatic heterocycles. The number of methoxy groups -OCH3 is 1. The average molecular weight is 231 g/mol. The monoisotopic (exact) mass is 231 g/mol. The van der Waals surface area contributed by atoms with E-state index in [1.54, 1.807) is 12.1 Å². The highest BCUT2D eigenvalue weighted by atomic mass is 16.5. The van der Waals surface area contributed by atoms with Gasteiger partial charge in [-0.15, -0.1) is 0 Å². The van der Waals surface area contributed by atoms with Crippen molar-refractivity contribution in [2.24, 2.45) is 0 Å². The fourth-order valence-electron chi connectivity index (χ4n) is 1.62. The molecule has 1 aromatic carbocycles. The number of carboxylic acids is 1. The molecule has 0 fully saturated rings. The fraction of sp³-hybridized carbons (Fsp3) is 0.0833. The van der Waals surface area contributed by atoms with E-state index in [-0.39, 0.29) is 5.56 Å². The molecular weight excluding hydrogens is 222 g/mol. The predicted octanol–water partition coefficient (Wildman–Crippen LogP) is 1.75. The van der Waals surface area contributed by atoms with Gasteiger partial charge in [-0.3, -0.25) is 4.79 Å². The highest BCUT2D eigenvalue weighted by Crippen LogP contribution is 2.23. The maximum absolute atomic E-state index is 11.0. The van der Waals surface area contributed by atoms with Crippen LogP contribution in [0, 0.1) is 0 Å². The highest BCUT2D eigenvalue weighted by molar-refractivity contribution is 6.07. The number of hydrogen-bond acceptors (Lipinski definition) is 4. The molecule has 0 atom stereocenters. The first-order valence-electron chi connectivity index (χ1n) is 4.83. The first kappa shape index (κ1) is 11.1. The molecule has 0 unspecified atom stereocenters. The van der Waals surface area contributed by atoms with Gasteiger partial charge in [-0.1, -0.05) is 0 Å². The molecule has 5 nitrogen and oxygen atoms in total. The summed E-state index contributed by atoms with van der Waals surface area (Å²) in [5.74, 6) is -0.720. The standard InChI is InChI=1S/C12H9NO4/c1-17-10-5-4-8-9(12(15)16)3-2-7(6-14)11(8)13-10/h2-6H,1H3,(H,15,16). The highest BCUT2D eigenvalue weighted by Gasteiger charge is 2.12. The van der Waals surface area contributed by atoms with Gasteiger partial charge in [0.2, 0.25) is 5.88 Å². The van der Waals surface area contributed by atoms with Gasteiger partial charge in [0.15, 0.2) is 6.29 Å². The quantitative estimate of drug-likeness (QED) is 0.814. The molecule has 1 heterocycles. The Hall–Kier alpha value is -2.43. The number of carboxylic acid groups (broad SMARTS) is 1. The van der Waals surface area contributed by atoms with Crippen molar-refractivity contribution in [2.45, 2.75) is 0 Å². The van der Waals surface area contributed by atoms with E-state index in [4.69, 9.17) is 9.84 Å². The number of nitrogens with zero attached hydrogens (tertiary/aromatic N) is 1. The number of benzene rings is 1. The Morgan fingerprint density at radius 2 is 2.12 bits per heavy atom. The summed E-state index contributed by atoms with van der Waals surface area (Å²) in [6.45, 7) is 0. The molecule has 0 saturated heterocycles. The zero-order chi connectivity index (χ0) is 12.4. The van der Waals surface area contributed by atoms with Crippen LogP contribution in [0.3, 0.4) is 0 Å². The first-order valence-corrected chi connectivity index (χ1v) is 4.83. The number of pyridine rings is 1. The van der Waals surface area contributed by atoms with E-state index in [1.807, 2.05) is 0 Å². The molecule has 0 spiro atoms. The predicted molar refractivity (Wildman–Crippen MR) is 60.6 cm³/mol. The summed E-state index contributed by atoms with van der Waals surface area (Å²) in [4.78, 5) is 26.0. The van der Waals surface area contributed by atoms with Crippen LogP contribution in [0.5, 0.6) is 5.88 Å². The zero-order valence-electron chi connectivity index (χ0n) is 9.01. The molecule has 86 valence electrons. The number of carbonyl (C=O) groups excluding carboxylic acids is 1. The van der Waals surface area contributed by atoms with Gasteiger partial charge < -0.3 is 9.84 Å². The van der Waals surface area contributed by atoms with Crippen molar-refractivity contribution in [1.82, 2.24) is 4.98 Å². The van der Waals surface area contributed by atoms with Crippen LogP contribution in [0.15, 0.2) is 24.3 Å². The second kappa shape index (κ2) is 4.21. The molecule has 0 aliphatic heterocycles.